The molecule has 2 unspecified atom stereocenters. The fraction of sp³-hybridized carbons (Fsp3) is 1.00. The summed E-state index contributed by atoms with van der Waals surface area (Å²) >= 11 is 0. The van der Waals surface area contributed by atoms with Gasteiger partial charge >= 0.3 is 0 Å². The Morgan fingerprint density at radius 3 is 2.59 bits per heavy atom. The molecule has 100 valence electrons. The number of hydrogen-bond acceptors (Lipinski definition) is 2. The maximum atomic E-state index is 12.2. The number of alkyl halides is 2. The van der Waals surface area contributed by atoms with Crippen molar-refractivity contribution >= 4 is 0 Å². The molecule has 0 radical (unpaired) electrons. The molecule has 0 amide bonds. The second-order valence-electron chi connectivity index (χ2n) is 5.67. The van der Waals surface area contributed by atoms with Gasteiger partial charge in [0.1, 0.15) is 0 Å². The van der Waals surface area contributed by atoms with Crippen LogP contribution in [-0.2, 0) is 0 Å². The van der Waals surface area contributed by atoms with Crippen LogP contribution >= 0.6 is 0 Å². The van der Waals surface area contributed by atoms with Crippen LogP contribution in [0.4, 0.5) is 8.78 Å². The predicted octanol–water partition coefficient (Wildman–Crippen LogP) is 2.35. The fourth-order valence-corrected chi connectivity index (χ4v) is 2.82. The van der Waals surface area contributed by atoms with Gasteiger partial charge in [-0.2, -0.15) is 0 Å². The van der Waals surface area contributed by atoms with Crippen LogP contribution in [0.5, 0.6) is 0 Å². The van der Waals surface area contributed by atoms with Crippen LogP contribution in [0.25, 0.3) is 0 Å². The Kier molecular flexibility index (Phi) is 4.74. The van der Waals surface area contributed by atoms with Gasteiger partial charge in [0.2, 0.25) is 0 Å². The molecule has 1 N–H and O–H groups in total. The van der Waals surface area contributed by atoms with E-state index in [0.29, 0.717) is 5.92 Å². The van der Waals surface area contributed by atoms with Crippen molar-refractivity contribution in [1.29, 1.82) is 0 Å². The first-order valence-electron chi connectivity index (χ1n) is 6.91. The van der Waals surface area contributed by atoms with Gasteiger partial charge < -0.3 is 10.2 Å². The van der Waals surface area contributed by atoms with Crippen LogP contribution in [0.1, 0.15) is 32.6 Å². The Bertz CT molecular complexity index is 231. The van der Waals surface area contributed by atoms with Gasteiger partial charge in [-0.15, -0.1) is 0 Å². The lowest BCUT2D eigenvalue weighted by Crippen LogP contribution is -2.50. The molecular formula is C13H24F2N2. The van der Waals surface area contributed by atoms with E-state index in [1.54, 1.807) is 0 Å². The predicted molar refractivity (Wildman–Crippen MR) is 65.4 cm³/mol. The maximum Gasteiger partial charge on any atom is 0.250 e. The van der Waals surface area contributed by atoms with Crippen molar-refractivity contribution in [2.24, 2.45) is 11.8 Å². The number of piperidine rings is 1. The van der Waals surface area contributed by atoms with Gasteiger partial charge in [0.25, 0.3) is 6.43 Å². The molecule has 1 saturated heterocycles. The third-order valence-electron chi connectivity index (χ3n) is 3.96. The van der Waals surface area contributed by atoms with E-state index in [1.165, 1.54) is 25.9 Å². The van der Waals surface area contributed by atoms with Crippen molar-refractivity contribution in [3.8, 4) is 0 Å². The first-order chi connectivity index (χ1) is 8.17. The summed E-state index contributed by atoms with van der Waals surface area (Å²) < 4.78 is 24.4. The highest BCUT2D eigenvalue weighted by atomic mass is 19.3. The molecule has 1 saturated carbocycles. The Balaban J connectivity index is 1.78. The molecule has 2 fully saturated rings. The summed E-state index contributed by atoms with van der Waals surface area (Å²) in [6.07, 6.45) is 2.72. The number of rotatable bonds is 6. The zero-order valence-corrected chi connectivity index (χ0v) is 10.7. The van der Waals surface area contributed by atoms with Gasteiger partial charge in [0.05, 0.1) is 6.54 Å². The van der Waals surface area contributed by atoms with Gasteiger partial charge in [0, 0.05) is 25.7 Å². The van der Waals surface area contributed by atoms with Crippen LogP contribution in [0, 0.1) is 11.8 Å². The van der Waals surface area contributed by atoms with E-state index < -0.39 is 6.43 Å². The van der Waals surface area contributed by atoms with E-state index in [-0.39, 0.29) is 12.6 Å². The van der Waals surface area contributed by atoms with Crippen LogP contribution in [-0.4, -0.2) is 43.5 Å². The number of nitrogens with zero attached hydrogens (tertiary/aromatic N) is 1. The van der Waals surface area contributed by atoms with E-state index in [0.717, 1.165) is 25.3 Å². The highest BCUT2D eigenvalue weighted by molar-refractivity contribution is 4.86. The normalized spacial score (nSPS) is 31.1. The summed E-state index contributed by atoms with van der Waals surface area (Å²) in [5.41, 5.74) is 0. The molecular weight excluding hydrogens is 222 g/mol. The molecule has 0 aromatic carbocycles. The van der Waals surface area contributed by atoms with Gasteiger partial charge in [-0.1, -0.05) is 13.3 Å². The number of halogens is 2. The molecule has 0 aromatic heterocycles. The SMILES string of the molecule is CCC1CC(NCC(F)F)CN(CC2CC2)C1. The Morgan fingerprint density at radius 2 is 2.00 bits per heavy atom. The van der Waals surface area contributed by atoms with E-state index in [4.69, 9.17) is 0 Å². The van der Waals surface area contributed by atoms with E-state index in [1.807, 2.05) is 0 Å². The Morgan fingerprint density at radius 1 is 1.24 bits per heavy atom. The van der Waals surface area contributed by atoms with Gasteiger partial charge in [-0.05, 0) is 31.1 Å². The lowest BCUT2D eigenvalue weighted by Gasteiger charge is -2.38. The molecule has 1 heterocycles. The standard InChI is InChI=1S/C13H24F2N2/c1-2-10-5-12(16-6-13(14)15)9-17(7-10)8-11-3-4-11/h10-13,16H,2-9H2,1H3. The van der Waals surface area contributed by atoms with E-state index >= 15 is 0 Å². The molecule has 17 heavy (non-hydrogen) atoms. The molecule has 2 nitrogen and oxygen atoms in total. The quantitative estimate of drug-likeness (QED) is 0.774. The minimum atomic E-state index is -2.23. The highest BCUT2D eigenvalue weighted by Crippen LogP contribution is 2.31. The first-order valence-corrected chi connectivity index (χ1v) is 6.91. The zero-order chi connectivity index (χ0) is 12.3. The summed E-state index contributed by atoms with van der Waals surface area (Å²) in [6, 6.07) is 0.265. The molecule has 1 aliphatic carbocycles. The minimum Gasteiger partial charge on any atom is -0.307 e. The van der Waals surface area contributed by atoms with Crippen LogP contribution in [0.15, 0.2) is 0 Å². The van der Waals surface area contributed by atoms with Gasteiger partial charge in [-0.25, -0.2) is 8.78 Å². The molecule has 2 rings (SSSR count). The van der Waals surface area contributed by atoms with Crippen molar-refractivity contribution in [1.82, 2.24) is 10.2 Å². The molecule has 2 aliphatic rings. The Labute approximate surface area is 103 Å². The van der Waals surface area contributed by atoms with Gasteiger partial charge in [-0.3, -0.25) is 0 Å². The van der Waals surface area contributed by atoms with E-state index in [2.05, 4.69) is 17.1 Å². The number of nitrogens with one attached hydrogen (secondary N) is 1. The van der Waals surface area contributed by atoms with Crippen molar-refractivity contribution in [3.05, 3.63) is 0 Å². The third-order valence-corrected chi connectivity index (χ3v) is 3.96. The smallest absolute Gasteiger partial charge is 0.250 e. The second-order valence-corrected chi connectivity index (χ2v) is 5.67. The molecule has 0 spiro atoms. The number of likely N-dealkylation sites (tertiary alicyclic amines) is 1. The second kappa shape index (κ2) is 6.10. The first kappa shape index (κ1) is 13.2. The summed E-state index contributed by atoms with van der Waals surface area (Å²) in [7, 11) is 0. The zero-order valence-electron chi connectivity index (χ0n) is 10.7. The summed E-state index contributed by atoms with van der Waals surface area (Å²) in [4.78, 5) is 2.48. The summed E-state index contributed by atoms with van der Waals surface area (Å²) in [5, 5.41) is 3.02. The molecule has 0 aromatic rings. The maximum absolute atomic E-state index is 12.2. The minimum absolute atomic E-state index is 0.154. The van der Waals surface area contributed by atoms with Crippen LogP contribution < -0.4 is 5.32 Å². The van der Waals surface area contributed by atoms with Crippen molar-refractivity contribution in [2.45, 2.75) is 45.1 Å². The van der Waals surface area contributed by atoms with Crippen molar-refractivity contribution in [3.63, 3.8) is 0 Å². The third kappa shape index (κ3) is 4.51. The number of hydrogen-bond donors (Lipinski definition) is 1. The lowest BCUT2D eigenvalue weighted by molar-refractivity contribution is 0.105. The molecule has 2 atom stereocenters. The van der Waals surface area contributed by atoms with Crippen molar-refractivity contribution < 1.29 is 8.78 Å². The van der Waals surface area contributed by atoms with Crippen LogP contribution in [0.3, 0.4) is 0 Å². The monoisotopic (exact) mass is 246 g/mol. The summed E-state index contributed by atoms with van der Waals surface area (Å²) in [6.45, 7) is 5.36. The van der Waals surface area contributed by atoms with Crippen LogP contribution in [0.2, 0.25) is 0 Å². The largest absolute Gasteiger partial charge is 0.307 e. The van der Waals surface area contributed by atoms with Crippen molar-refractivity contribution in [2.75, 3.05) is 26.2 Å². The topological polar surface area (TPSA) is 15.3 Å². The fourth-order valence-electron chi connectivity index (χ4n) is 2.82. The Hall–Kier alpha value is -0.220. The molecule has 1 aliphatic heterocycles. The highest BCUT2D eigenvalue weighted by Gasteiger charge is 2.30. The summed E-state index contributed by atoms with van der Waals surface area (Å²) in [5.74, 6) is 1.57. The van der Waals surface area contributed by atoms with Gasteiger partial charge in [0.15, 0.2) is 0 Å². The molecule has 0 bridgehead atoms. The molecule has 4 heteroatoms. The average molecular weight is 246 g/mol. The lowest BCUT2D eigenvalue weighted by atomic mass is 9.92. The average Bonchev–Trinajstić information content (AvgIpc) is 3.10. The van der Waals surface area contributed by atoms with E-state index in [9.17, 15) is 8.78 Å².